The maximum atomic E-state index is 11.9. The Hall–Kier alpha value is -1.95. The van der Waals surface area contributed by atoms with Crippen LogP contribution in [0.4, 0.5) is 5.69 Å². The summed E-state index contributed by atoms with van der Waals surface area (Å²) in [7, 11) is 0. The van der Waals surface area contributed by atoms with Crippen molar-refractivity contribution in [2.24, 2.45) is 0 Å². The number of rotatable bonds is 3. The first-order valence-corrected chi connectivity index (χ1v) is 6.13. The van der Waals surface area contributed by atoms with Gasteiger partial charge in [0.25, 0.3) is 5.69 Å². The lowest BCUT2D eigenvalue weighted by molar-refractivity contribution is -0.384. The van der Waals surface area contributed by atoms with Gasteiger partial charge >= 0.3 is 5.97 Å². The molecule has 3 rings (SSSR count). The summed E-state index contributed by atoms with van der Waals surface area (Å²) in [6, 6.07) is 5.40. The molecule has 1 aromatic rings. The number of epoxide rings is 1. The Bertz CT molecular complexity index is 540. The first-order chi connectivity index (χ1) is 8.99. The third-order valence-electron chi connectivity index (χ3n) is 3.78. The standard InChI is InChI=1S/C13H13NO5/c1-13-7-6-10(11(13)19-13)18-12(15)8-2-4-9(5-3-8)14(16)17/h2-5,10-11H,6-7H2,1H3/t10-,11-,13+/m0/s1. The predicted octanol–water partition coefficient (Wildman–Crippen LogP) is 2.07. The van der Waals surface area contributed by atoms with Crippen molar-refractivity contribution >= 4 is 11.7 Å². The molecule has 6 nitrogen and oxygen atoms in total. The van der Waals surface area contributed by atoms with Crippen LogP contribution in [0.15, 0.2) is 24.3 Å². The van der Waals surface area contributed by atoms with E-state index in [4.69, 9.17) is 9.47 Å². The minimum Gasteiger partial charge on any atom is -0.456 e. The monoisotopic (exact) mass is 263 g/mol. The molecule has 19 heavy (non-hydrogen) atoms. The highest BCUT2D eigenvalue weighted by molar-refractivity contribution is 5.89. The lowest BCUT2D eigenvalue weighted by atomic mass is 10.1. The topological polar surface area (TPSA) is 82.0 Å². The largest absolute Gasteiger partial charge is 0.456 e. The second-order valence-corrected chi connectivity index (χ2v) is 5.14. The third-order valence-corrected chi connectivity index (χ3v) is 3.78. The molecule has 1 aromatic carbocycles. The molecule has 0 amide bonds. The lowest BCUT2D eigenvalue weighted by Gasteiger charge is -2.12. The van der Waals surface area contributed by atoms with Crippen molar-refractivity contribution in [1.82, 2.24) is 0 Å². The van der Waals surface area contributed by atoms with Gasteiger partial charge in [0.05, 0.1) is 16.1 Å². The fourth-order valence-corrected chi connectivity index (χ4v) is 2.55. The van der Waals surface area contributed by atoms with E-state index < -0.39 is 10.9 Å². The lowest BCUT2D eigenvalue weighted by Crippen LogP contribution is -2.21. The van der Waals surface area contributed by atoms with Gasteiger partial charge in [-0.25, -0.2) is 4.79 Å². The van der Waals surface area contributed by atoms with Gasteiger partial charge in [-0.2, -0.15) is 0 Å². The zero-order chi connectivity index (χ0) is 13.6. The highest BCUT2D eigenvalue weighted by Crippen LogP contribution is 2.50. The molecule has 0 spiro atoms. The van der Waals surface area contributed by atoms with Crippen molar-refractivity contribution in [1.29, 1.82) is 0 Å². The van der Waals surface area contributed by atoms with Crippen LogP contribution in [-0.4, -0.2) is 28.7 Å². The van der Waals surface area contributed by atoms with Crippen LogP contribution in [-0.2, 0) is 9.47 Å². The van der Waals surface area contributed by atoms with E-state index in [9.17, 15) is 14.9 Å². The molecule has 1 aliphatic carbocycles. The number of esters is 1. The van der Waals surface area contributed by atoms with Gasteiger partial charge in [0, 0.05) is 12.1 Å². The van der Waals surface area contributed by atoms with Crippen LogP contribution >= 0.6 is 0 Å². The number of hydrogen-bond donors (Lipinski definition) is 0. The molecule has 6 heteroatoms. The summed E-state index contributed by atoms with van der Waals surface area (Å²) in [5.74, 6) is -0.459. The molecule has 1 aliphatic heterocycles. The number of carbonyl (C=O) groups excluding carboxylic acids is 1. The number of nitro benzene ring substituents is 1. The van der Waals surface area contributed by atoms with E-state index in [-0.39, 0.29) is 23.5 Å². The minimum atomic E-state index is -0.504. The summed E-state index contributed by atoms with van der Waals surface area (Å²) in [5.41, 5.74) is 0.163. The van der Waals surface area contributed by atoms with E-state index >= 15 is 0 Å². The second-order valence-electron chi connectivity index (χ2n) is 5.14. The number of hydrogen-bond acceptors (Lipinski definition) is 5. The van der Waals surface area contributed by atoms with Crippen LogP contribution in [0.5, 0.6) is 0 Å². The normalized spacial score (nSPS) is 31.6. The van der Waals surface area contributed by atoms with Crippen LogP contribution in [0.2, 0.25) is 0 Å². The summed E-state index contributed by atoms with van der Waals surface area (Å²) in [6.45, 7) is 2.01. The summed E-state index contributed by atoms with van der Waals surface area (Å²) >= 11 is 0. The summed E-state index contributed by atoms with van der Waals surface area (Å²) in [6.07, 6.45) is 1.51. The van der Waals surface area contributed by atoms with Crippen molar-refractivity contribution in [3.63, 3.8) is 0 Å². The molecule has 0 unspecified atom stereocenters. The number of fused-ring (bicyclic) bond motifs is 1. The molecule has 0 N–H and O–H groups in total. The zero-order valence-electron chi connectivity index (χ0n) is 10.4. The number of nitrogens with zero attached hydrogens (tertiary/aromatic N) is 1. The van der Waals surface area contributed by atoms with E-state index in [0.717, 1.165) is 12.8 Å². The number of nitro groups is 1. The fourth-order valence-electron chi connectivity index (χ4n) is 2.55. The van der Waals surface area contributed by atoms with E-state index in [0.29, 0.717) is 5.56 Å². The molecule has 1 saturated heterocycles. The van der Waals surface area contributed by atoms with Crippen molar-refractivity contribution in [3.8, 4) is 0 Å². The summed E-state index contributed by atoms with van der Waals surface area (Å²) in [4.78, 5) is 21.9. The first-order valence-electron chi connectivity index (χ1n) is 6.13. The molecule has 0 bridgehead atoms. The van der Waals surface area contributed by atoms with E-state index in [1.807, 2.05) is 6.92 Å². The highest BCUT2D eigenvalue weighted by atomic mass is 16.6. The van der Waals surface area contributed by atoms with Gasteiger partial charge in [-0.1, -0.05) is 0 Å². The van der Waals surface area contributed by atoms with Gasteiger partial charge in [-0.15, -0.1) is 0 Å². The predicted molar refractivity (Wildman–Crippen MR) is 64.8 cm³/mol. The molecule has 100 valence electrons. The Morgan fingerprint density at radius 3 is 2.63 bits per heavy atom. The maximum Gasteiger partial charge on any atom is 0.338 e. The van der Waals surface area contributed by atoms with Crippen LogP contribution in [0.1, 0.15) is 30.1 Å². The van der Waals surface area contributed by atoms with Crippen molar-refractivity contribution in [2.45, 2.75) is 37.6 Å². The van der Waals surface area contributed by atoms with Crippen molar-refractivity contribution < 1.29 is 19.2 Å². The van der Waals surface area contributed by atoms with Gasteiger partial charge in [-0.3, -0.25) is 10.1 Å². The molecule has 1 saturated carbocycles. The number of carbonyl (C=O) groups is 1. The molecule has 3 atom stereocenters. The number of non-ortho nitro benzene ring substituents is 1. The van der Waals surface area contributed by atoms with Gasteiger partial charge < -0.3 is 9.47 Å². The number of benzene rings is 1. The molecular formula is C13H13NO5. The quantitative estimate of drug-likeness (QED) is 0.361. The molecule has 1 heterocycles. The highest BCUT2D eigenvalue weighted by Gasteiger charge is 2.62. The first kappa shape index (κ1) is 12.1. The Labute approximate surface area is 109 Å². The Kier molecular flexibility index (Phi) is 2.56. The third kappa shape index (κ3) is 2.08. The van der Waals surface area contributed by atoms with Crippen molar-refractivity contribution in [2.75, 3.05) is 0 Å². The van der Waals surface area contributed by atoms with Crippen LogP contribution < -0.4 is 0 Å². The maximum absolute atomic E-state index is 11.9. The van der Waals surface area contributed by atoms with E-state index in [1.165, 1.54) is 24.3 Å². The Morgan fingerprint density at radius 2 is 2.16 bits per heavy atom. The fraction of sp³-hybridized carbons (Fsp3) is 0.462. The molecule has 0 aromatic heterocycles. The Balaban J connectivity index is 1.66. The SMILES string of the molecule is C[C@@]12CC[C@H](OC(=O)c3ccc([N+](=O)[O-])cc3)[C@@H]1O2. The van der Waals surface area contributed by atoms with Crippen LogP contribution in [0.3, 0.4) is 0 Å². The average Bonchev–Trinajstić information content (AvgIpc) is 2.98. The van der Waals surface area contributed by atoms with Gasteiger partial charge in [0.15, 0.2) is 0 Å². The van der Waals surface area contributed by atoms with Gasteiger partial charge in [0.1, 0.15) is 12.2 Å². The Morgan fingerprint density at radius 1 is 1.47 bits per heavy atom. The molecule has 0 radical (unpaired) electrons. The molecule has 2 aliphatic rings. The molecule has 2 fully saturated rings. The average molecular weight is 263 g/mol. The van der Waals surface area contributed by atoms with Crippen LogP contribution in [0, 0.1) is 10.1 Å². The minimum absolute atomic E-state index is 0.00879. The van der Waals surface area contributed by atoms with Crippen molar-refractivity contribution in [3.05, 3.63) is 39.9 Å². The number of ether oxygens (including phenoxy) is 2. The summed E-state index contributed by atoms with van der Waals surface area (Å²) < 4.78 is 10.9. The van der Waals surface area contributed by atoms with Crippen LogP contribution in [0.25, 0.3) is 0 Å². The smallest absolute Gasteiger partial charge is 0.338 e. The van der Waals surface area contributed by atoms with Gasteiger partial charge in [-0.05, 0) is 31.9 Å². The second kappa shape index (κ2) is 4.03. The van der Waals surface area contributed by atoms with Gasteiger partial charge in [0.2, 0.25) is 0 Å². The van der Waals surface area contributed by atoms with E-state index in [1.54, 1.807) is 0 Å². The summed E-state index contributed by atoms with van der Waals surface area (Å²) in [5, 5.41) is 10.5. The zero-order valence-corrected chi connectivity index (χ0v) is 10.4. The molecular weight excluding hydrogens is 250 g/mol. The van der Waals surface area contributed by atoms with E-state index in [2.05, 4.69) is 0 Å².